The van der Waals surface area contributed by atoms with Crippen LogP contribution in [0.2, 0.25) is 0 Å². The molecular weight excluding hydrogens is 288 g/mol. The van der Waals surface area contributed by atoms with E-state index in [2.05, 4.69) is 16.7 Å². The van der Waals surface area contributed by atoms with E-state index in [9.17, 15) is 4.79 Å². The molecule has 2 rings (SSSR count). The highest BCUT2D eigenvalue weighted by Crippen LogP contribution is 2.15. The predicted molar refractivity (Wildman–Crippen MR) is 92.8 cm³/mol. The highest BCUT2D eigenvalue weighted by atomic mass is 16.5. The summed E-state index contributed by atoms with van der Waals surface area (Å²) in [5.74, 6) is 0.837. The van der Waals surface area contributed by atoms with Crippen molar-refractivity contribution in [2.24, 2.45) is 0 Å². The minimum absolute atomic E-state index is 0.186. The molecule has 2 aromatic rings. The van der Waals surface area contributed by atoms with Crippen LogP contribution >= 0.6 is 0 Å². The lowest BCUT2D eigenvalue weighted by molar-refractivity contribution is 0.236. The third kappa shape index (κ3) is 6.02. The summed E-state index contributed by atoms with van der Waals surface area (Å²) in [5.41, 5.74) is 4.63. The number of hydrogen-bond donors (Lipinski definition) is 2. The Labute approximate surface area is 137 Å². The van der Waals surface area contributed by atoms with Crippen LogP contribution in [0.3, 0.4) is 0 Å². The van der Waals surface area contributed by atoms with Gasteiger partial charge in [-0.1, -0.05) is 35.9 Å². The van der Waals surface area contributed by atoms with E-state index in [-0.39, 0.29) is 6.03 Å². The molecule has 0 heterocycles. The fraction of sp³-hybridized carbons (Fsp3) is 0.316. The van der Waals surface area contributed by atoms with E-state index in [0.29, 0.717) is 19.7 Å². The van der Waals surface area contributed by atoms with Gasteiger partial charge in [0.05, 0.1) is 6.54 Å². The summed E-state index contributed by atoms with van der Waals surface area (Å²) in [6.07, 6.45) is 0. The zero-order valence-electron chi connectivity index (χ0n) is 14.0. The van der Waals surface area contributed by atoms with Gasteiger partial charge in [-0.3, -0.25) is 0 Å². The summed E-state index contributed by atoms with van der Waals surface area (Å²) in [6, 6.07) is 14.0. The van der Waals surface area contributed by atoms with Gasteiger partial charge in [-0.25, -0.2) is 4.79 Å². The number of carbonyl (C=O) groups is 1. The Bertz CT molecular complexity index is 631. The topological polar surface area (TPSA) is 50.4 Å². The Morgan fingerprint density at radius 3 is 2.22 bits per heavy atom. The number of amides is 2. The van der Waals surface area contributed by atoms with Gasteiger partial charge in [0.1, 0.15) is 12.4 Å². The molecule has 0 spiro atoms. The summed E-state index contributed by atoms with van der Waals surface area (Å²) in [5, 5.41) is 5.62. The molecule has 0 saturated heterocycles. The van der Waals surface area contributed by atoms with Gasteiger partial charge >= 0.3 is 6.03 Å². The zero-order chi connectivity index (χ0) is 16.7. The molecule has 0 saturated carbocycles. The highest BCUT2D eigenvalue weighted by molar-refractivity contribution is 5.73. The fourth-order valence-electron chi connectivity index (χ4n) is 2.30. The summed E-state index contributed by atoms with van der Waals surface area (Å²) < 4.78 is 5.65. The van der Waals surface area contributed by atoms with Crippen molar-refractivity contribution >= 4 is 6.03 Å². The molecule has 4 heteroatoms. The number of ether oxygens (including phenoxy) is 1. The minimum atomic E-state index is -0.186. The van der Waals surface area contributed by atoms with Crippen LogP contribution in [0, 0.1) is 20.8 Å². The molecule has 0 fully saturated rings. The second-order valence-corrected chi connectivity index (χ2v) is 5.77. The number of benzene rings is 2. The summed E-state index contributed by atoms with van der Waals surface area (Å²) in [6.45, 7) is 7.55. The Kier molecular flexibility index (Phi) is 6.03. The molecule has 0 bridgehead atoms. The maximum Gasteiger partial charge on any atom is 0.315 e. The minimum Gasteiger partial charge on any atom is -0.492 e. The number of carbonyl (C=O) groups excluding carboxylic acids is 1. The third-order valence-electron chi connectivity index (χ3n) is 3.43. The Hall–Kier alpha value is -2.49. The van der Waals surface area contributed by atoms with Crippen molar-refractivity contribution in [2.45, 2.75) is 27.3 Å². The van der Waals surface area contributed by atoms with Crippen molar-refractivity contribution in [3.8, 4) is 5.75 Å². The van der Waals surface area contributed by atoms with E-state index < -0.39 is 0 Å². The second kappa shape index (κ2) is 8.22. The van der Waals surface area contributed by atoms with Crippen LogP contribution in [0.5, 0.6) is 5.75 Å². The first-order valence-electron chi connectivity index (χ1n) is 7.81. The van der Waals surface area contributed by atoms with Gasteiger partial charge in [-0.2, -0.15) is 0 Å². The standard InChI is InChI=1S/C19H24N2O2/c1-14-4-6-17(7-5-14)13-21-19(22)20-8-9-23-18-11-15(2)10-16(3)12-18/h4-7,10-12H,8-9,13H2,1-3H3,(H2,20,21,22). The summed E-state index contributed by atoms with van der Waals surface area (Å²) in [7, 11) is 0. The molecule has 4 nitrogen and oxygen atoms in total. The van der Waals surface area contributed by atoms with Gasteiger partial charge in [-0.15, -0.1) is 0 Å². The monoisotopic (exact) mass is 312 g/mol. The predicted octanol–water partition coefficient (Wildman–Crippen LogP) is 3.49. The second-order valence-electron chi connectivity index (χ2n) is 5.77. The molecule has 23 heavy (non-hydrogen) atoms. The van der Waals surface area contributed by atoms with E-state index in [1.54, 1.807) is 0 Å². The van der Waals surface area contributed by atoms with Crippen LogP contribution in [0.1, 0.15) is 22.3 Å². The number of nitrogens with one attached hydrogen (secondary N) is 2. The zero-order valence-corrected chi connectivity index (χ0v) is 14.0. The molecule has 0 radical (unpaired) electrons. The first-order chi connectivity index (χ1) is 11.0. The Morgan fingerprint density at radius 2 is 1.57 bits per heavy atom. The fourth-order valence-corrected chi connectivity index (χ4v) is 2.30. The van der Waals surface area contributed by atoms with Crippen LogP contribution in [-0.4, -0.2) is 19.2 Å². The normalized spacial score (nSPS) is 10.2. The smallest absolute Gasteiger partial charge is 0.315 e. The number of rotatable bonds is 6. The molecule has 0 unspecified atom stereocenters. The van der Waals surface area contributed by atoms with E-state index >= 15 is 0 Å². The van der Waals surface area contributed by atoms with Gasteiger partial charge in [0.15, 0.2) is 0 Å². The van der Waals surface area contributed by atoms with E-state index in [1.165, 1.54) is 16.7 Å². The van der Waals surface area contributed by atoms with Crippen molar-refractivity contribution < 1.29 is 9.53 Å². The van der Waals surface area contributed by atoms with E-state index in [1.807, 2.05) is 57.2 Å². The van der Waals surface area contributed by atoms with Crippen LogP contribution in [0.4, 0.5) is 4.79 Å². The average Bonchev–Trinajstić information content (AvgIpc) is 2.50. The van der Waals surface area contributed by atoms with Gasteiger partial charge in [0.25, 0.3) is 0 Å². The first-order valence-corrected chi connectivity index (χ1v) is 7.81. The van der Waals surface area contributed by atoms with Crippen molar-refractivity contribution in [1.29, 1.82) is 0 Å². The molecule has 0 aliphatic rings. The molecule has 2 amide bonds. The van der Waals surface area contributed by atoms with E-state index in [4.69, 9.17) is 4.74 Å². The van der Waals surface area contributed by atoms with Crippen LogP contribution in [-0.2, 0) is 6.54 Å². The molecule has 0 aliphatic heterocycles. The van der Waals surface area contributed by atoms with Gasteiger partial charge in [0, 0.05) is 6.54 Å². The molecule has 0 aromatic heterocycles. The molecular formula is C19H24N2O2. The number of urea groups is 1. The summed E-state index contributed by atoms with van der Waals surface area (Å²) >= 11 is 0. The van der Waals surface area contributed by atoms with Crippen molar-refractivity contribution in [2.75, 3.05) is 13.2 Å². The largest absolute Gasteiger partial charge is 0.492 e. The highest BCUT2D eigenvalue weighted by Gasteiger charge is 2.01. The van der Waals surface area contributed by atoms with Crippen LogP contribution < -0.4 is 15.4 Å². The molecule has 2 aromatic carbocycles. The van der Waals surface area contributed by atoms with Crippen molar-refractivity contribution in [3.05, 3.63) is 64.7 Å². The Morgan fingerprint density at radius 1 is 0.913 bits per heavy atom. The lowest BCUT2D eigenvalue weighted by Crippen LogP contribution is -2.37. The lowest BCUT2D eigenvalue weighted by atomic mass is 10.1. The van der Waals surface area contributed by atoms with Crippen molar-refractivity contribution in [3.63, 3.8) is 0 Å². The maximum atomic E-state index is 11.7. The molecule has 122 valence electrons. The molecule has 0 atom stereocenters. The quantitative estimate of drug-likeness (QED) is 0.802. The third-order valence-corrected chi connectivity index (χ3v) is 3.43. The van der Waals surface area contributed by atoms with Gasteiger partial charge in [0.2, 0.25) is 0 Å². The molecule has 0 aliphatic carbocycles. The summed E-state index contributed by atoms with van der Waals surface area (Å²) in [4.78, 5) is 11.7. The van der Waals surface area contributed by atoms with Crippen LogP contribution in [0.25, 0.3) is 0 Å². The van der Waals surface area contributed by atoms with Crippen molar-refractivity contribution in [1.82, 2.24) is 10.6 Å². The maximum absolute atomic E-state index is 11.7. The number of aryl methyl sites for hydroxylation is 3. The Balaban J connectivity index is 1.65. The number of hydrogen-bond acceptors (Lipinski definition) is 2. The van der Waals surface area contributed by atoms with Crippen LogP contribution in [0.15, 0.2) is 42.5 Å². The van der Waals surface area contributed by atoms with Gasteiger partial charge < -0.3 is 15.4 Å². The lowest BCUT2D eigenvalue weighted by Gasteiger charge is -2.10. The SMILES string of the molecule is Cc1ccc(CNC(=O)NCCOc2cc(C)cc(C)c2)cc1. The molecule has 2 N–H and O–H groups in total. The first kappa shape index (κ1) is 16.9. The van der Waals surface area contributed by atoms with E-state index in [0.717, 1.165) is 11.3 Å². The average molecular weight is 312 g/mol. The van der Waals surface area contributed by atoms with Gasteiger partial charge in [-0.05, 0) is 49.6 Å².